The Labute approximate surface area is 149 Å². The van der Waals surface area contributed by atoms with E-state index in [0.717, 1.165) is 6.42 Å². The van der Waals surface area contributed by atoms with Gasteiger partial charge in [-0.05, 0) is 31.0 Å². The van der Waals surface area contributed by atoms with Gasteiger partial charge in [0.25, 0.3) is 5.91 Å². The molecule has 2 fully saturated rings. The van der Waals surface area contributed by atoms with Crippen molar-refractivity contribution in [1.29, 1.82) is 0 Å². The number of halogens is 2. The molecule has 2 N–H and O–H groups in total. The molecule has 2 heterocycles. The molecule has 0 radical (unpaired) electrons. The molecule has 2 atom stereocenters. The Morgan fingerprint density at radius 1 is 1.21 bits per heavy atom. The van der Waals surface area contributed by atoms with Crippen molar-refractivity contribution in [3.05, 3.63) is 33.8 Å². The summed E-state index contributed by atoms with van der Waals surface area (Å²) in [5.41, 5.74) is 0.366. The number of nitrogens with one attached hydrogen (secondary N) is 2. The summed E-state index contributed by atoms with van der Waals surface area (Å²) in [7, 11) is 0. The summed E-state index contributed by atoms with van der Waals surface area (Å²) >= 11 is 11.9. The lowest BCUT2D eigenvalue weighted by molar-refractivity contribution is -0.125. The van der Waals surface area contributed by atoms with Gasteiger partial charge in [0.15, 0.2) is 0 Å². The van der Waals surface area contributed by atoms with Crippen LogP contribution >= 0.6 is 23.2 Å². The number of hydrogen-bond acceptors (Lipinski definition) is 3. The van der Waals surface area contributed by atoms with E-state index >= 15 is 0 Å². The van der Waals surface area contributed by atoms with Crippen molar-refractivity contribution in [2.45, 2.75) is 31.3 Å². The van der Waals surface area contributed by atoms with Gasteiger partial charge >= 0.3 is 0 Å². The van der Waals surface area contributed by atoms with Crippen LogP contribution in [0.5, 0.6) is 0 Å². The lowest BCUT2D eigenvalue weighted by Gasteiger charge is -2.25. The third-order valence-corrected chi connectivity index (χ3v) is 4.69. The number of hydrogen-bond donors (Lipinski definition) is 2. The van der Waals surface area contributed by atoms with Crippen molar-refractivity contribution in [3.8, 4) is 0 Å². The maximum atomic E-state index is 12.7. The standard InChI is InChI=1S/C16H17Cl2N3O3/c17-10-4-9(5-11(18)6-10)16(24)21-3-1-2-13(21)15(23)20-12-7-14(22)19-8-12/h4-6,12-13H,1-3,7-8H2,(H,19,22)(H,20,23)/t12-,13-/m1/s1. The average Bonchev–Trinajstić information content (AvgIpc) is 3.14. The number of nitrogens with zero attached hydrogens (tertiary/aromatic N) is 1. The van der Waals surface area contributed by atoms with Crippen LogP contribution < -0.4 is 10.6 Å². The minimum Gasteiger partial charge on any atom is -0.354 e. The number of carbonyl (C=O) groups is 3. The molecular formula is C16H17Cl2N3O3. The molecule has 0 spiro atoms. The molecule has 2 aliphatic heterocycles. The molecule has 0 unspecified atom stereocenters. The van der Waals surface area contributed by atoms with Crippen LogP contribution in [0.15, 0.2) is 18.2 Å². The van der Waals surface area contributed by atoms with Gasteiger partial charge in [-0.25, -0.2) is 0 Å². The van der Waals surface area contributed by atoms with E-state index in [0.29, 0.717) is 35.1 Å². The van der Waals surface area contributed by atoms with Crippen molar-refractivity contribution in [2.24, 2.45) is 0 Å². The highest BCUT2D eigenvalue weighted by Crippen LogP contribution is 2.24. The highest BCUT2D eigenvalue weighted by Gasteiger charge is 2.36. The Hall–Kier alpha value is -1.79. The van der Waals surface area contributed by atoms with E-state index in [-0.39, 0.29) is 30.2 Å². The van der Waals surface area contributed by atoms with E-state index < -0.39 is 6.04 Å². The smallest absolute Gasteiger partial charge is 0.254 e. The lowest BCUT2D eigenvalue weighted by atomic mass is 10.1. The van der Waals surface area contributed by atoms with Crippen molar-refractivity contribution in [2.75, 3.05) is 13.1 Å². The van der Waals surface area contributed by atoms with Gasteiger partial charge in [-0.1, -0.05) is 23.2 Å². The van der Waals surface area contributed by atoms with Crippen LogP contribution in [0.4, 0.5) is 0 Å². The Morgan fingerprint density at radius 3 is 2.54 bits per heavy atom. The van der Waals surface area contributed by atoms with E-state index in [9.17, 15) is 14.4 Å². The van der Waals surface area contributed by atoms with Crippen molar-refractivity contribution < 1.29 is 14.4 Å². The van der Waals surface area contributed by atoms with Gasteiger partial charge in [0.1, 0.15) is 6.04 Å². The monoisotopic (exact) mass is 369 g/mol. The molecule has 3 amide bonds. The molecule has 2 aliphatic rings. The summed E-state index contributed by atoms with van der Waals surface area (Å²) < 4.78 is 0. The first-order valence-corrected chi connectivity index (χ1v) is 8.54. The van der Waals surface area contributed by atoms with Gasteiger partial charge in [-0.15, -0.1) is 0 Å². The fourth-order valence-corrected chi connectivity index (χ4v) is 3.66. The van der Waals surface area contributed by atoms with Crippen LogP contribution in [0.25, 0.3) is 0 Å². The normalized spacial score (nSPS) is 23.2. The summed E-state index contributed by atoms with van der Waals surface area (Å²) in [5.74, 6) is -0.568. The first-order valence-electron chi connectivity index (χ1n) is 7.78. The highest BCUT2D eigenvalue weighted by molar-refractivity contribution is 6.35. The molecule has 3 rings (SSSR count). The van der Waals surface area contributed by atoms with Crippen LogP contribution in [0.2, 0.25) is 10.0 Å². The molecule has 8 heteroatoms. The largest absolute Gasteiger partial charge is 0.354 e. The van der Waals surface area contributed by atoms with Crippen LogP contribution in [-0.4, -0.2) is 47.8 Å². The van der Waals surface area contributed by atoms with E-state index in [1.54, 1.807) is 23.1 Å². The Bertz CT molecular complexity index is 675. The van der Waals surface area contributed by atoms with E-state index in [4.69, 9.17) is 23.2 Å². The van der Waals surface area contributed by atoms with Crippen LogP contribution in [0.3, 0.4) is 0 Å². The van der Waals surface area contributed by atoms with Crippen LogP contribution in [0.1, 0.15) is 29.6 Å². The summed E-state index contributed by atoms with van der Waals surface area (Å²) in [6.07, 6.45) is 1.62. The minimum atomic E-state index is -0.536. The quantitative estimate of drug-likeness (QED) is 0.849. The van der Waals surface area contributed by atoms with Crippen molar-refractivity contribution >= 4 is 40.9 Å². The zero-order valence-corrected chi connectivity index (χ0v) is 14.4. The third kappa shape index (κ3) is 3.65. The van der Waals surface area contributed by atoms with Gasteiger partial charge in [0, 0.05) is 35.1 Å². The fourth-order valence-electron chi connectivity index (χ4n) is 3.13. The number of benzene rings is 1. The zero-order valence-electron chi connectivity index (χ0n) is 12.9. The summed E-state index contributed by atoms with van der Waals surface area (Å²) in [6, 6.07) is 3.89. The third-order valence-electron chi connectivity index (χ3n) is 4.25. The van der Waals surface area contributed by atoms with Gasteiger partial charge in [0.05, 0.1) is 6.04 Å². The van der Waals surface area contributed by atoms with E-state index in [1.165, 1.54) is 0 Å². The summed E-state index contributed by atoms with van der Waals surface area (Å²) in [6.45, 7) is 0.929. The number of rotatable bonds is 3. The van der Waals surface area contributed by atoms with Gasteiger partial charge in [-0.2, -0.15) is 0 Å². The first-order chi connectivity index (χ1) is 11.4. The number of amides is 3. The Kier molecular flexibility index (Phi) is 4.96. The molecule has 1 aromatic rings. The molecule has 6 nitrogen and oxygen atoms in total. The molecule has 128 valence electrons. The van der Waals surface area contributed by atoms with Gasteiger partial charge in [-0.3, -0.25) is 14.4 Å². The maximum absolute atomic E-state index is 12.7. The fraction of sp³-hybridized carbons (Fsp3) is 0.438. The highest BCUT2D eigenvalue weighted by atomic mass is 35.5. The minimum absolute atomic E-state index is 0.0757. The molecule has 2 saturated heterocycles. The molecule has 1 aromatic carbocycles. The average molecular weight is 370 g/mol. The molecule has 24 heavy (non-hydrogen) atoms. The number of likely N-dealkylation sites (tertiary alicyclic amines) is 1. The SMILES string of the molecule is O=C1C[C@@H](NC(=O)[C@H]2CCCN2C(=O)c2cc(Cl)cc(Cl)c2)CN1. The molecular weight excluding hydrogens is 353 g/mol. The van der Waals surface area contributed by atoms with Gasteiger partial charge in [0.2, 0.25) is 11.8 Å². The predicted octanol–water partition coefficient (Wildman–Crippen LogP) is 1.60. The topological polar surface area (TPSA) is 78.5 Å². The summed E-state index contributed by atoms with van der Waals surface area (Å²) in [5, 5.41) is 6.27. The van der Waals surface area contributed by atoms with E-state index in [1.807, 2.05) is 0 Å². The van der Waals surface area contributed by atoms with E-state index in [2.05, 4.69) is 10.6 Å². The molecule has 0 aromatic heterocycles. The van der Waals surface area contributed by atoms with Crippen molar-refractivity contribution in [1.82, 2.24) is 15.5 Å². The second-order valence-electron chi connectivity index (χ2n) is 6.03. The van der Waals surface area contributed by atoms with Crippen LogP contribution in [0, 0.1) is 0 Å². The summed E-state index contributed by atoms with van der Waals surface area (Å²) in [4.78, 5) is 38.0. The van der Waals surface area contributed by atoms with Crippen molar-refractivity contribution in [3.63, 3.8) is 0 Å². The Morgan fingerprint density at radius 2 is 1.92 bits per heavy atom. The zero-order chi connectivity index (χ0) is 17.3. The molecule has 0 aliphatic carbocycles. The molecule has 0 saturated carbocycles. The Balaban J connectivity index is 1.71. The molecule has 0 bridgehead atoms. The van der Waals surface area contributed by atoms with Crippen LogP contribution in [-0.2, 0) is 9.59 Å². The predicted molar refractivity (Wildman–Crippen MR) is 90.1 cm³/mol. The second kappa shape index (κ2) is 6.99. The second-order valence-corrected chi connectivity index (χ2v) is 6.90. The van der Waals surface area contributed by atoms with Gasteiger partial charge < -0.3 is 15.5 Å². The maximum Gasteiger partial charge on any atom is 0.254 e. The lowest BCUT2D eigenvalue weighted by Crippen LogP contribution is -2.49. The number of carbonyl (C=O) groups excluding carboxylic acids is 3. The first kappa shape index (κ1) is 17.0.